The molecule has 1 amide bonds. The van der Waals surface area contributed by atoms with Gasteiger partial charge in [0.25, 0.3) is 0 Å². The van der Waals surface area contributed by atoms with E-state index < -0.39 is 12.1 Å². The van der Waals surface area contributed by atoms with Crippen LogP contribution in [0.15, 0.2) is 12.7 Å². The molecular formula is C9H15NO4. The van der Waals surface area contributed by atoms with E-state index in [-0.39, 0.29) is 19.1 Å². The van der Waals surface area contributed by atoms with Gasteiger partial charge in [-0.2, -0.15) is 0 Å². The van der Waals surface area contributed by atoms with Crippen molar-refractivity contribution in [2.75, 3.05) is 13.7 Å². The Hall–Kier alpha value is -1.52. The molecule has 1 N–H and O–H groups in total. The van der Waals surface area contributed by atoms with Gasteiger partial charge >= 0.3 is 12.1 Å². The van der Waals surface area contributed by atoms with E-state index in [2.05, 4.69) is 6.58 Å². The van der Waals surface area contributed by atoms with Crippen molar-refractivity contribution in [3.05, 3.63) is 12.7 Å². The predicted octanol–water partition coefficient (Wildman–Crippen LogP) is 1.10. The summed E-state index contributed by atoms with van der Waals surface area (Å²) in [6.07, 6.45) is 0.812. The Kier molecular flexibility index (Phi) is 5.36. The number of aliphatic carboxylic acids is 1. The maximum atomic E-state index is 11.2. The van der Waals surface area contributed by atoms with E-state index in [4.69, 9.17) is 9.84 Å². The smallest absolute Gasteiger partial charge is 0.410 e. The van der Waals surface area contributed by atoms with E-state index >= 15 is 0 Å². The second-order valence-corrected chi connectivity index (χ2v) is 2.92. The van der Waals surface area contributed by atoms with E-state index in [9.17, 15) is 9.59 Å². The van der Waals surface area contributed by atoms with Crippen molar-refractivity contribution < 1.29 is 19.4 Å². The first-order valence-corrected chi connectivity index (χ1v) is 4.21. The molecule has 14 heavy (non-hydrogen) atoms. The first kappa shape index (κ1) is 12.5. The van der Waals surface area contributed by atoms with Gasteiger partial charge in [-0.15, -0.1) is 0 Å². The molecule has 5 nitrogen and oxygen atoms in total. The largest absolute Gasteiger partial charge is 0.481 e. The highest BCUT2D eigenvalue weighted by Crippen LogP contribution is 2.03. The zero-order valence-corrected chi connectivity index (χ0v) is 8.40. The number of nitrogens with zero attached hydrogens (tertiary/aromatic N) is 1. The van der Waals surface area contributed by atoms with Gasteiger partial charge in [0.1, 0.15) is 6.61 Å². The summed E-state index contributed by atoms with van der Waals surface area (Å²) in [5.74, 6) is -0.944. The number of hydrogen-bond acceptors (Lipinski definition) is 3. The molecule has 0 saturated carbocycles. The molecule has 0 spiro atoms. The minimum atomic E-state index is -0.944. The maximum absolute atomic E-state index is 11.2. The van der Waals surface area contributed by atoms with Crippen LogP contribution in [0.3, 0.4) is 0 Å². The van der Waals surface area contributed by atoms with Gasteiger partial charge < -0.3 is 14.7 Å². The van der Waals surface area contributed by atoms with Crippen LogP contribution in [0.2, 0.25) is 0 Å². The number of rotatable bonds is 5. The van der Waals surface area contributed by atoms with E-state index in [0.29, 0.717) is 0 Å². The molecule has 0 aromatic rings. The van der Waals surface area contributed by atoms with Crippen molar-refractivity contribution in [1.82, 2.24) is 4.90 Å². The van der Waals surface area contributed by atoms with E-state index in [1.165, 1.54) is 18.0 Å². The zero-order chi connectivity index (χ0) is 11.1. The second kappa shape index (κ2) is 6.01. The van der Waals surface area contributed by atoms with Gasteiger partial charge in [0.2, 0.25) is 0 Å². The monoisotopic (exact) mass is 201 g/mol. The number of hydrogen-bond donors (Lipinski definition) is 1. The minimum absolute atomic E-state index is 0.0975. The molecule has 5 heteroatoms. The number of carbonyl (C=O) groups excluding carboxylic acids is 1. The normalized spacial score (nSPS) is 11.6. The van der Waals surface area contributed by atoms with Gasteiger partial charge in [0.05, 0.1) is 6.42 Å². The number of amides is 1. The van der Waals surface area contributed by atoms with E-state index in [1.807, 2.05) is 0 Å². The number of carboxylic acid groups (broad SMARTS) is 1. The Morgan fingerprint density at radius 2 is 2.21 bits per heavy atom. The zero-order valence-electron chi connectivity index (χ0n) is 8.40. The van der Waals surface area contributed by atoms with Gasteiger partial charge in [0, 0.05) is 13.1 Å². The summed E-state index contributed by atoms with van der Waals surface area (Å²) in [7, 11) is 1.50. The Labute approximate surface area is 83.0 Å². The van der Waals surface area contributed by atoms with Crippen LogP contribution in [0.25, 0.3) is 0 Å². The molecule has 0 aliphatic rings. The predicted molar refractivity (Wildman–Crippen MR) is 51.0 cm³/mol. The Bertz CT molecular complexity index is 227. The third-order valence-electron chi connectivity index (χ3n) is 1.74. The molecule has 0 rings (SSSR count). The van der Waals surface area contributed by atoms with Crippen molar-refractivity contribution in [2.24, 2.45) is 0 Å². The van der Waals surface area contributed by atoms with Crippen molar-refractivity contribution in [3.8, 4) is 0 Å². The van der Waals surface area contributed by atoms with Crippen LogP contribution < -0.4 is 0 Å². The molecule has 0 radical (unpaired) electrons. The molecule has 0 bridgehead atoms. The number of carboxylic acids is 1. The fourth-order valence-corrected chi connectivity index (χ4v) is 0.802. The highest BCUT2D eigenvalue weighted by atomic mass is 16.6. The minimum Gasteiger partial charge on any atom is -0.481 e. The molecule has 0 aromatic heterocycles. The molecule has 80 valence electrons. The van der Waals surface area contributed by atoms with Crippen LogP contribution in [-0.2, 0) is 9.53 Å². The third kappa shape index (κ3) is 4.49. The molecule has 0 aliphatic heterocycles. The third-order valence-corrected chi connectivity index (χ3v) is 1.74. The summed E-state index contributed by atoms with van der Waals surface area (Å²) >= 11 is 0. The SMILES string of the molecule is C=CCOC(=O)N(C)[C@@H](C)CC(=O)O. The van der Waals surface area contributed by atoms with Crippen LogP contribution in [0.5, 0.6) is 0 Å². The van der Waals surface area contributed by atoms with Crippen molar-refractivity contribution >= 4 is 12.1 Å². The number of ether oxygens (including phenoxy) is 1. The Morgan fingerprint density at radius 3 is 2.64 bits per heavy atom. The Balaban J connectivity index is 4.02. The summed E-state index contributed by atoms with van der Waals surface area (Å²) < 4.78 is 4.73. The van der Waals surface area contributed by atoms with Gasteiger partial charge in [-0.1, -0.05) is 12.7 Å². The van der Waals surface area contributed by atoms with Crippen LogP contribution in [0, 0.1) is 0 Å². The van der Waals surface area contributed by atoms with Gasteiger partial charge in [0.15, 0.2) is 0 Å². The lowest BCUT2D eigenvalue weighted by Crippen LogP contribution is -2.36. The lowest BCUT2D eigenvalue weighted by atomic mass is 10.2. The summed E-state index contributed by atoms with van der Waals surface area (Å²) in [5.41, 5.74) is 0. The van der Waals surface area contributed by atoms with E-state index in [1.54, 1.807) is 6.92 Å². The summed E-state index contributed by atoms with van der Waals surface area (Å²) in [4.78, 5) is 22.8. The average molecular weight is 201 g/mol. The first-order valence-electron chi connectivity index (χ1n) is 4.21. The standard InChI is InChI=1S/C9H15NO4/c1-4-5-14-9(13)10(3)7(2)6-8(11)12/h4,7H,1,5-6H2,2-3H3,(H,11,12)/t7-/m0/s1. The van der Waals surface area contributed by atoms with Crippen LogP contribution in [0.4, 0.5) is 4.79 Å². The topological polar surface area (TPSA) is 66.8 Å². The van der Waals surface area contributed by atoms with Crippen LogP contribution >= 0.6 is 0 Å². The molecule has 0 heterocycles. The summed E-state index contributed by atoms with van der Waals surface area (Å²) in [6.45, 7) is 5.17. The average Bonchev–Trinajstić information content (AvgIpc) is 2.11. The van der Waals surface area contributed by atoms with E-state index in [0.717, 1.165) is 0 Å². The highest BCUT2D eigenvalue weighted by molar-refractivity contribution is 5.71. The lowest BCUT2D eigenvalue weighted by Gasteiger charge is -2.22. The molecule has 0 fully saturated rings. The number of carbonyl (C=O) groups is 2. The second-order valence-electron chi connectivity index (χ2n) is 2.92. The van der Waals surface area contributed by atoms with Crippen LogP contribution in [-0.4, -0.2) is 41.8 Å². The molecule has 1 atom stereocenters. The van der Waals surface area contributed by atoms with Gasteiger partial charge in [-0.3, -0.25) is 4.79 Å². The van der Waals surface area contributed by atoms with Crippen molar-refractivity contribution in [2.45, 2.75) is 19.4 Å². The molecular weight excluding hydrogens is 186 g/mol. The fraction of sp³-hybridized carbons (Fsp3) is 0.556. The molecule has 0 aromatic carbocycles. The maximum Gasteiger partial charge on any atom is 0.410 e. The highest BCUT2D eigenvalue weighted by Gasteiger charge is 2.18. The first-order chi connectivity index (χ1) is 6.49. The molecule has 0 unspecified atom stereocenters. The molecule has 0 aliphatic carbocycles. The molecule has 0 saturated heterocycles. The quantitative estimate of drug-likeness (QED) is 0.676. The van der Waals surface area contributed by atoms with Crippen molar-refractivity contribution in [3.63, 3.8) is 0 Å². The summed E-state index contributed by atoms with van der Waals surface area (Å²) in [6, 6.07) is -0.384. The van der Waals surface area contributed by atoms with Crippen molar-refractivity contribution in [1.29, 1.82) is 0 Å². The summed E-state index contributed by atoms with van der Waals surface area (Å²) in [5, 5.41) is 8.50. The van der Waals surface area contributed by atoms with Gasteiger partial charge in [-0.05, 0) is 6.92 Å². The Morgan fingerprint density at radius 1 is 1.64 bits per heavy atom. The van der Waals surface area contributed by atoms with Gasteiger partial charge in [-0.25, -0.2) is 4.79 Å². The van der Waals surface area contributed by atoms with Crippen LogP contribution in [0.1, 0.15) is 13.3 Å². The fourth-order valence-electron chi connectivity index (χ4n) is 0.802. The lowest BCUT2D eigenvalue weighted by molar-refractivity contribution is -0.138.